The monoisotopic (exact) mass is 440 g/mol. The molecule has 31 heavy (non-hydrogen) atoms. The summed E-state index contributed by atoms with van der Waals surface area (Å²) in [5.41, 5.74) is 0. The standard InChI is InChI=1S/C23H48N6O2/c1-3-24-8-12-28(13-9-24)20-22(30)18-26-6-5-7-27(17-16-26)19-23(31)21-29-14-10-25(4-2)11-15-29/h22-23,30-31H,3-21H2,1-2H3. The van der Waals surface area contributed by atoms with Gasteiger partial charge in [0, 0.05) is 91.6 Å². The zero-order valence-electron chi connectivity index (χ0n) is 20.2. The van der Waals surface area contributed by atoms with Crippen LogP contribution in [-0.4, -0.2) is 170 Å². The van der Waals surface area contributed by atoms with Crippen molar-refractivity contribution in [3.63, 3.8) is 0 Å². The van der Waals surface area contributed by atoms with Gasteiger partial charge in [-0.25, -0.2) is 0 Å². The maximum absolute atomic E-state index is 10.6. The molecule has 3 aliphatic rings. The summed E-state index contributed by atoms with van der Waals surface area (Å²) >= 11 is 0. The second-order valence-corrected chi connectivity index (χ2v) is 9.73. The van der Waals surface area contributed by atoms with Crippen molar-refractivity contribution in [2.24, 2.45) is 0 Å². The van der Waals surface area contributed by atoms with E-state index in [9.17, 15) is 10.2 Å². The molecular weight excluding hydrogens is 392 g/mol. The van der Waals surface area contributed by atoms with Crippen molar-refractivity contribution in [3.8, 4) is 0 Å². The molecule has 3 heterocycles. The average Bonchev–Trinajstić information content (AvgIpc) is 2.99. The van der Waals surface area contributed by atoms with Crippen molar-refractivity contribution in [3.05, 3.63) is 0 Å². The first-order chi connectivity index (χ1) is 15.1. The summed E-state index contributed by atoms with van der Waals surface area (Å²) in [6.07, 6.45) is 0.572. The van der Waals surface area contributed by atoms with Gasteiger partial charge in [-0.1, -0.05) is 13.8 Å². The molecule has 2 unspecified atom stereocenters. The number of nitrogens with zero attached hydrogens (tertiary/aromatic N) is 6. The summed E-state index contributed by atoms with van der Waals surface area (Å²) in [6, 6.07) is 0. The highest BCUT2D eigenvalue weighted by atomic mass is 16.3. The van der Waals surface area contributed by atoms with Crippen LogP contribution in [0.4, 0.5) is 0 Å². The third-order valence-corrected chi connectivity index (χ3v) is 7.38. The highest BCUT2D eigenvalue weighted by Gasteiger charge is 2.23. The Kier molecular flexibility index (Phi) is 10.9. The molecule has 0 bridgehead atoms. The van der Waals surface area contributed by atoms with Crippen LogP contribution in [0, 0.1) is 0 Å². The van der Waals surface area contributed by atoms with Crippen LogP contribution in [0.15, 0.2) is 0 Å². The fraction of sp³-hybridized carbons (Fsp3) is 1.00. The lowest BCUT2D eigenvalue weighted by molar-refractivity contribution is 0.0469. The largest absolute Gasteiger partial charge is 0.390 e. The fourth-order valence-electron chi connectivity index (χ4n) is 5.27. The van der Waals surface area contributed by atoms with Gasteiger partial charge in [-0.15, -0.1) is 0 Å². The Hall–Kier alpha value is -0.320. The number of aliphatic hydroxyl groups excluding tert-OH is 2. The first kappa shape index (κ1) is 25.3. The minimum absolute atomic E-state index is 0.271. The SMILES string of the molecule is CCN1CCN(CC(O)CN2CCCN(CC(O)CN3CCN(CC)CC3)CC2)CC1. The summed E-state index contributed by atoms with van der Waals surface area (Å²) in [5.74, 6) is 0. The second-order valence-electron chi connectivity index (χ2n) is 9.73. The van der Waals surface area contributed by atoms with Crippen molar-refractivity contribution in [1.29, 1.82) is 0 Å². The predicted octanol–water partition coefficient (Wildman–Crippen LogP) is -1.01. The fourth-order valence-corrected chi connectivity index (χ4v) is 5.27. The van der Waals surface area contributed by atoms with Gasteiger partial charge in [0.15, 0.2) is 0 Å². The van der Waals surface area contributed by atoms with E-state index in [2.05, 4.69) is 43.2 Å². The molecule has 0 radical (unpaired) electrons. The highest BCUT2D eigenvalue weighted by molar-refractivity contribution is 4.79. The Balaban J connectivity index is 1.30. The van der Waals surface area contributed by atoms with Gasteiger partial charge in [0.1, 0.15) is 0 Å². The normalized spacial score (nSPS) is 26.7. The molecule has 3 saturated heterocycles. The molecule has 0 saturated carbocycles. The van der Waals surface area contributed by atoms with E-state index >= 15 is 0 Å². The van der Waals surface area contributed by atoms with E-state index in [0.717, 1.165) is 124 Å². The van der Waals surface area contributed by atoms with E-state index in [4.69, 9.17) is 0 Å². The van der Waals surface area contributed by atoms with Crippen molar-refractivity contribution in [2.45, 2.75) is 32.5 Å². The molecule has 0 amide bonds. The van der Waals surface area contributed by atoms with Gasteiger partial charge < -0.3 is 20.0 Å². The van der Waals surface area contributed by atoms with Crippen LogP contribution in [0.1, 0.15) is 20.3 Å². The van der Waals surface area contributed by atoms with Crippen LogP contribution < -0.4 is 0 Å². The highest BCUT2D eigenvalue weighted by Crippen LogP contribution is 2.09. The molecule has 0 aromatic carbocycles. The summed E-state index contributed by atoms with van der Waals surface area (Å²) in [4.78, 5) is 14.6. The van der Waals surface area contributed by atoms with Crippen LogP contribution in [0.3, 0.4) is 0 Å². The lowest BCUT2D eigenvalue weighted by Gasteiger charge is -2.36. The zero-order valence-corrected chi connectivity index (χ0v) is 20.2. The van der Waals surface area contributed by atoms with Crippen LogP contribution >= 0.6 is 0 Å². The van der Waals surface area contributed by atoms with Crippen LogP contribution in [0.25, 0.3) is 0 Å². The van der Waals surface area contributed by atoms with Gasteiger partial charge in [0.25, 0.3) is 0 Å². The van der Waals surface area contributed by atoms with Crippen LogP contribution in [-0.2, 0) is 0 Å². The molecule has 2 N–H and O–H groups in total. The maximum atomic E-state index is 10.6. The van der Waals surface area contributed by atoms with E-state index in [-0.39, 0.29) is 12.2 Å². The number of likely N-dealkylation sites (N-methyl/N-ethyl adjacent to an activating group) is 2. The third-order valence-electron chi connectivity index (χ3n) is 7.38. The smallest absolute Gasteiger partial charge is 0.0793 e. The number of piperazine rings is 2. The molecule has 3 rings (SSSR count). The minimum Gasteiger partial charge on any atom is -0.390 e. The van der Waals surface area contributed by atoms with Crippen LogP contribution in [0.2, 0.25) is 0 Å². The summed E-state index contributed by atoms with van der Waals surface area (Å²) < 4.78 is 0. The lowest BCUT2D eigenvalue weighted by atomic mass is 10.2. The van der Waals surface area contributed by atoms with Gasteiger partial charge in [-0.05, 0) is 32.6 Å². The molecule has 8 nitrogen and oxygen atoms in total. The summed E-state index contributed by atoms with van der Waals surface area (Å²) in [6.45, 7) is 22.7. The van der Waals surface area contributed by atoms with Gasteiger partial charge in [0.05, 0.1) is 12.2 Å². The van der Waals surface area contributed by atoms with E-state index in [1.54, 1.807) is 0 Å². The van der Waals surface area contributed by atoms with Crippen molar-refractivity contribution in [2.75, 3.05) is 118 Å². The molecule has 0 aliphatic carbocycles. The number of aliphatic hydroxyl groups is 2. The maximum Gasteiger partial charge on any atom is 0.0793 e. The van der Waals surface area contributed by atoms with Crippen LogP contribution in [0.5, 0.6) is 0 Å². The van der Waals surface area contributed by atoms with Crippen molar-refractivity contribution >= 4 is 0 Å². The topological polar surface area (TPSA) is 59.9 Å². The molecular formula is C23H48N6O2. The van der Waals surface area contributed by atoms with Crippen molar-refractivity contribution in [1.82, 2.24) is 29.4 Å². The molecule has 8 heteroatoms. The van der Waals surface area contributed by atoms with Gasteiger partial charge in [-0.3, -0.25) is 19.6 Å². The van der Waals surface area contributed by atoms with E-state index < -0.39 is 0 Å². The van der Waals surface area contributed by atoms with Gasteiger partial charge in [0.2, 0.25) is 0 Å². The van der Waals surface area contributed by atoms with E-state index in [1.165, 1.54) is 0 Å². The molecule has 0 aromatic rings. The average molecular weight is 441 g/mol. The quantitative estimate of drug-likeness (QED) is 0.448. The molecule has 2 atom stereocenters. The molecule has 0 spiro atoms. The lowest BCUT2D eigenvalue weighted by Crippen LogP contribution is -2.50. The number of hydrogen-bond donors (Lipinski definition) is 2. The second kappa shape index (κ2) is 13.4. The first-order valence-electron chi connectivity index (χ1n) is 12.8. The zero-order chi connectivity index (χ0) is 22.1. The number of rotatable bonds is 10. The van der Waals surface area contributed by atoms with E-state index in [0.29, 0.717) is 0 Å². The Bertz CT molecular complexity index is 441. The molecule has 3 fully saturated rings. The molecule has 0 aromatic heterocycles. The van der Waals surface area contributed by atoms with Crippen molar-refractivity contribution < 1.29 is 10.2 Å². The minimum atomic E-state index is -0.271. The first-order valence-corrected chi connectivity index (χ1v) is 12.8. The van der Waals surface area contributed by atoms with Gasteiger partial charge in [-0.2, -0.15) is 0 Å². The Morgan fingerprint density at radius 2 is 0.710 bits per heavy atom. The molecule has 182 valence electrons. The van der Waals surface area contributed by atoms with E-state index in [1.807, 2.05) is 0 Å². The molecule has 3 aliphatic heterocycles. The summed E-state index contributed by atoms with van der Waals surface area (Å²) in [5, 5.41) is 21.3. The summed E-state index contributed by atoms with van der Waals surface area (Å²) in [7, 11) is 0. The third kappa shape index (κ3) is 8.85. The van der Waals surface area contributed by atoms with Gasteiger partial charge >= 0.3 is 0 Å². The Morgan fingerprint density at radius 1 is 0.452 bits per heavy atom. The number of hydrogen-bond acceptors (Lipinski definition) is 8. The Labute approximate surface area is 190 Å². The predicted molar refractivity (Wildman–Crippen MR) is 127 cm³/mol. The number of β-amino-alcohol motifs (C(OH)–C–C–N with tert-alkyl or cyclic N) is 2. The Morgan fingerprint density at radius 3 is 1.00 bits per heavy atom.